The lowest BCUT2D eigenvalue weighted by atomic mass is 9.81. The zero-order chi connectivity index (χ0) is 11.0. The van der Waals surface area contributed by atoms with Crippen molar-refractivity contribution in [2.75, 3.05) is 13.1 Å². The van der Waals surface area contributed by atoms with E-state index in [9.17, 15) is 5.11 Å². The van der Waals surface area contributed by atoms with E-state index in [1.807, 2.05) is 6.92 Å². The van der Waals surface area contributed by atoms with E-state index in [1.54, 1.807) is 0 Å². The summed E-state index contributed by atoms with van der Waals surface area (Å²) in [5, 5.41) is 10.1. The van der Waals surface area contributed by atoms with Gasteiger partial charge in [-0.25, -0.2) is 0 Å². The number of nitrogens with one attached hydrogen (secondary N) is 1. The van der Waals surface area contributed by atoms with E-state index in [0.717, 1.165) is 19.5 Å². The van der Waals surface area contributed by atoms with Gasteiger partial charge in [0.2, 0.25) is 0 Å². The summed E-state index contributed by atoms with van der Waals surface area (Å²) in [7, 11) is 0. The lowest BCUT2D eigenvalue weighted by Gasteiger charge is -2.43. The first-order valence-corrected chi connectivity index (χ1v) is 5.35. The van der Waals surface area contributed by atoms with Gasteiger partial charge in [0.25, 0.3) is 0 Å². The minimum absolute atomic E-state index is 0.190. The fourth-order valence-corrected chi connectivity index (χ4v) is 2.12. The molecule has 1 rings (SSSR count). The van der Waals surface area contributed by atoms with Crippen LogP contribution in [0.5, 0.6) is 0 Å². The monoisotopic (exact) mass is 196 g/mol. The van der Waals surface area contributed by atoms with E-state index in [-0.39, 0.29) is 11.5 Å². The number of rotatable bonds is 0. The quantitative estimate of drug-likeness (QED) is 0.527. The minimum Gasteiger partial charge on any atom is -0.377 e. The molecule has 1 unspecified atom stereocenters. The lowest BCUT2D eigenvalue weighted by molar-refractivity contribution is -0.956. The molecule has 0 radical (unpaired) electrons. The fourth-order valence-electron chi connectivity index (χ4n) is 2.12. The lowest BCUT2D eigenvalue weighted by Crippen LogP contribution is -3.21. The molecule has 1 heterocycles. The predicted octanol–water partition coefficient (Wildman–Crippen LogP) is 0.0739. The molecule has 0 saturated carbocycles. The highest BCUT2D eigenvalue weighted by Gasteiger charge is 2.42. The average Bonchev–Trinajstić information content (AvgIpc) is 2.08. The number of hydrogen-bond acceptors (Lipinski definition) is 1. The van der Waals surface area contributed by atoms with Gasteiger partial charge >= 0.3 is 0 Å². The molecule has 0 aromatic carbocycles. The van der Waals surface area contributed by atoms with E-state index in [2.05, 4.69) is 26.7 Å². The molecule has 2 heteroatoms. The Balaban J connectivity index is 2.70. The summed E-state index contributed by atoms with van der Waals surface area (Å²) in [6.07, 6.45) is 6.09. The third-order valence-corrected chi connectivity index (χ3v) is 3.49. The van der Waals surface area contributed by atoms with Crippen molar-refractivity contribution in [2.45, 2.75) is 45.3 Å². The van der Waals surface area contributed by atoms with Gasteiger partial charge in [0, 0.05) is 12.3 Å². The topological polar surface area (TPSA) is 24.7 Å². The van der Waals surface area contributed by atoms with Crippen LogP contribution >= 0.6 is 0 Å². The Morgan fingerprint density at radius 2 is 2.07 bits per heavy atom. The molecule has 0 bridgehead atoms. The molecule has 1 saturated heterocycles. The minimum atomic E-state index is -0.866. The largest absolute Gasteiger partial charge is 0.377 e. The van der Waals surface area contributed by atoms with Gasteiger partial charge < -0.3 is 10.0 Å². The third kappa shape index (κ3) is 2.10. The molecular weight excluding hydrogens is 174 g/mol. The molecule has 80 valence electrons. The van der Waals surface area contributed by atoms with Crippen LogP contribution in [0.1, 0.15) is 34.1 Å². The van der Waals surface area contributed by atoms with Crippen LogP contribution in [-0.2, 0) is 0 Å². The molecule has 0 aromatic heterocycles. The van der Waals surface area contributed by atoms with Crippen LogP contribution < -0.4 is 4.90 Å². The molecule has 1 fully saturated rings. The second-order valence-electron chi connectivity index (χ2n) is 5.53. The molecule has 1 aliphatic rings. The van der Waals surface area contributed by atoms with Crippen molar-refractivity contribution in [2.24, 2.45) is 5.92 Å². The first-order chi connectivity index (χ1) is 6.29. The molecule has 3 atom stereocenters. The van der Waals surface area contributed by atoms with Gasteiger partial charge in [0.15, 0.2) is 0 Å². The zero-order valence-corrected chi connectivity index (χ0v) is 9.72. The third-order valence-electron chi connectivity index (χ3n) is 3.49. The van der Waals surface area contributed by atoms with Crippen molar-refractivity contribution in [1.82, 2.24) is 0 Å². The Hall–Kier alpha value is -0.520. The summed E-state index contributed by atoms with van der Waals surface area (Å²) in [6.45, 7) is 10.7. The zero-order valence-electron chi connectivity index (χ0n) is 9.72. The van der Waals surface area contributed by atoms with Gasteiger partial charge in [-0.2, -0.15) is 0 Å². The first kappa shape index (κ1) is 11.6. The number of piperidine rings is 1. The Bertz CT molecular complexity index is 248. The van der Waals surface area contributed by atoms with E-state index in [4.69, 9.17) is 6.42 Å². The highest BCUT2D eigenvalue weighted by molar-refractivity contribution is 5.10. The Labute approximate surface area is 87.3 Å². The smallest absolute Gasteiger partial charge is 0.138 e. The standard InChI is InChI=1S/C12H21NO/c1-6-12(14)7-8-13(9-10(12)2)11(3,4)5/h1,10,14H,7-9H2,2-5H3/p+1/t10-,12-/m1/s1. The average molecular weight is 196 g/mol. The van der Waals surface area contributed by atoms with Crippen LogP contribution in [0.2, 0.25) is 0 Å². The van der Waals surface area contributed by atoms with Crippen molar-refractivity contribution >= 4 is 0 Å². The maximum atomic E-state index is 10.1. The number of hydrogen-bond donors (Lipinski definition) is 2. The van der Waals surface area contributed by atoms with Crippen LogP contribution in [-0.4, -0.2) is 29.3 Å². The van der Waals surface area contributed by atoms with Crippen molar-refractivity contribution in [1.29, 1.82) is 0 Å². The van der Waals surface area contributed by atoms with Crippen molar-refractivity contribution in [3.63, 3.8) is 0 Å². The Morgan fingerprint density at radius 3 is 2.43 bits per heavy atom. The highest BCUT2D eigenvalue weighted by Crippen LogP contribution is 2.22. The van der Waals surface area contributed by atoms with Crippen molar-refractivity contribution in [3.8, 4) is 12.3 Å². The fraction of sp³-hybridized carbons (Fsp3) is 0.833. The summed E-state index contributed by atoms with van der Waals surface area (Å²) in [5.41, 5.74) is -0.612. The molecule has 0 aromatic rings. The van der Waals surface area contributed by atoms with Crippen molar-refractivity contribution < 1.29 is 10.0 Å². The van der Waals surface area contributed by atoms with Crippen LogP contribution in [0.15, 0.2) is 0 Å². The normalized spacial score (nSPS) is 39.1. The Kier molecular flexibility index (Phi) is 2.94. The van der Waals surface area contributed by atoms with Gasteiger partial charge in [-0.3, -0.25) is 0 Å². The number of aliphatic hydroxyl groups is 1. The maximum absolute atomic E-state index is 10.1. The van der Waals surface area contributed by atoms with Crippen molar-refractivity contribution in [3.05, 3.63) is 0 Å². The van der Waals surface area contributed by atoms with Gasteiger partial charge in [0.1, 0.15) is 5.60 Å². The van der Waals surface area contributed by atoms with Crippen LogP contribution in [0.25, 0.3) is 0 Å². The molecule has 0 spiro atoms. The van der Waals surface area contributed by atoms with E-state index in [0.29, 0.717) is 0 Å². The molecule has 2 nitrogen and oxygen atoms in total. The molecule has 2 N–H and O–H groups in total. The van der Waals surface area contributed by atoms with Gasteiger partial charge in [-0.15, -0.1) is 6.42 Å². The van der Waals surface area contributed by atoms with Crippen LogP contribution in [0.4, 0.5) is 0 Å². The second-order valence-corrected chi connectivity index (χ2v) is 5.53. The molecule has 0 aliphatic carbocycles. The van der Waals surface area contributed by atoms with Gasteiger partial charge in [-0.1, -0.05) is 12.8 Å². The van der Waals surface area contributed by atoms with Crippen LogP contribution in [0, 0.1) is 18.3 Å². The summed E-state index contributed by atoms with van der Waals surface area (Å²) >= 11 is 0. The second kappa shape index (κ2) is 3.56. The molecule has 0 amide bonds. The molecule has 1 aliphatic heterocycles. The number of likely N-dealkylation sites (tertiary alicyclic amines) is 1. The maximum Gasteiger partial charge on any atom is 0.138 e. The van der Waals surface area contributed by atoms with E-state index in [1.165, 1.54) is 4.90 Å². The summed E-state index contributed by atoms with van der Waals surface area (Å²) in [6, 6.07) is 0. The first-order valence-electron chi connectivity index (χ1n) is 5.35. The van der Waals surface area contributed by atoms with Gasteiger partial charge in [0.05, 0.1) is 18.6 Å². The highest BCUT2D eigenvalue weighted by atomic mass is 16.3. The SMILES string of the molecule is C#C[C@@]1(O)CC[NH+](C(C)(C)C)C[C@H]1C. The molecule has 14 heavy (non-hydrogen) atoms. The number of quaternary nitrogens is 1. The van der Waals surface area contributed by atoms with E-state index >= 15 is 0 Å². The summed E-state index contributed by atoms with van der Waals surface area (Å²) < 4.78 is 0. The summed E-state index contributed by atoms with van der Waals surface area (Å²) in [5.74, 6) is 2.73. The summed E-state index contributed by atoms with van der Waals surface area (Å²) in [4.78, 5) is 1.53. The Morgan fingerprint density at radius 1 is 1.50 bits per heavy atom. The number of terminal acetylenes is 1. The molecular formula is C12H22NO+. The predicted molar refractivity (Wildman–Crippen MR) is 58.0 cm³/mol. The van der Waals surface area contributed by atoms with Gasteiger partial charge in [-0.05, 0) is 20.8 Å². The van der Waals surface area contributed by atoms with E-state index < -0.39 is 5.60 Å². The van der Waals surface area contributed by atoms with Crippen LogP contribution in [0.3, 0.4) is 0 Å².